The van der Waals surface area contributed by atoms with E-state index in [1.54, 1.807) is 36.3 Å². The SMILES string of the molecule is Cc1cc(Br)c(N)cc1S(=O)(=O)NCCn1ccnc1. The number of anilines is 1. The molecule has 0 aliphatic rings. The molecule has 108 valence electrons. The molecule has 0 radical (unpaired) electrons. The fraction of sp³-hybridized carbons (Fsp3) is 0.250. The third-order valence-electron chi connectivity index (χ3n) is 2.81. The third kappa shape index (κ3) is 3.38. The Morgan fingerprint density at radius 2 is 2.20 bits per heavy atom. The lowest BCUT2D eigenvalue weighted by Gasteiger charge is -2.11. The molecule has 1 aromatic carbocycles. The summed E-state index contributed by atoms with van der Waals surface area (Å²) >= 11 is 3.28. The molecule has 0 unspecified atom stereocenters. The Bertz CT molecular complexity index is 698. The van der Waals surface area contributed by atoms with Gasteiger partial charge in [-0.05, 0) is 40.5 Å². The number of sulfonamides is 1. The molecule has 20 heavy (non-hydrogen) atoms. The van der Waals surface area contributed by atoms with Crippen LogP contribution in [0.5, 0.6) is 0 Å². The van der Waals surface area contributed by atoms with Crippen molar-refractivity contribution in [2.45, 2.75) is 18.4 Å². The molecule has 2 rings (SSSR count). The van der Waals surface area contributed by atoms with Crippen molar-refractivity contribution in [2.24, 2.45) is 0 Å². The van der Waals surface area contributed by atoms with Crippen LogP contribution in [-0.4, -0.2) is 24.5 Å². The number of hydrogen-bond acceptors (Lipinski definition) is 4. The summed E-state index contributed by atoms with van der Waals surface area (Å²) in [5.74, 6) is 0. The van der Waals surface area contributed by atoms with Crippen molar-refractivity contribution in [3.63, 3.8) is 0 Å². The Hall–Kier alpha value is -1.38. The van der Waals surface area contributed by atoms with Gasteiger partial charge in [-0.25, -0.2) is 18.1 Å². The summed E-state index contributed by atoms with van der Waals surface area (Å²) in [6, 6.07) is 3.15. The quantitative estimate of drug-likeness (QED) is 0.792. The standard InChI is InChI=1S/C12H15BrN4O2S/c1-9-6-10(13)11(14)7-12(9)20(18,19)16-3-5-17-4-2-15-8-17/h2,4,6-8,16H,3,5,14H2,1H3. The van der Waals surface area contributed by atoms with Gasteiger partial charge in [-0.3, -0.25) is 0 Å². The lowest BCUT2D eigenvalue weighted by molar-refractivity contribution is 0.572. The van der Waals surface area contributed by atoms with E-state index in [0.29, 0.717) is 22.3 Å². The third-order valence-corrected chi connectivity index (χ3v) is 5.09. The topological polar surface area (TPSA) is 90.0 Å². The molecule has 0 fully saturated rings. The predicted molar refractivity (Wildman–Crippen MR) is 80.7 cm³/mol. The van der Waals surface area contributed by atoms with Gasteiger partial charge < -0.3 is 10.3 Å². The van der Waals surface area contributed by atoms with Gasteiger partial charge in [0, 0.05) is 35.6 Å². The first-order valence-electron chi connectivity index (χ1n) is 5.91. The fourth-order valence-electron chi connectivity index (χ4n) is 1.76. The molecule has 0 amide bonds. The maximum absolute atomic E-state index is 12.2. The van der Waals surface area contributed by atoms with E-state index in [1.807, 2.05) is 0 Å². The summed E-state index contributed by atoms with van der Waals surface area (Å²) in [5, 5.41) is 0. The van der Waals surface area contributed by atoms with Gasteiger partial charge in [0.1, 0.15) is 0 Å². The lowest BCUT2D eigenvalue weighted by atomic mass is 10.2. The van der Waals surface area contributed by atoms with Crippen LogP contribution in [0.4, 0.5) is 5.69 Å². The first-order valence-corrected chi connectivity index (χ1v) is 8.19. The van der Waals surface area contributed by atoms with E-state index < -0.39 is 10.0 Å². The van der Waals surface area contributed by atoms with Gasteiger partial charge in [0.2, 0.25) is 10.0 Å². The van der Waals surface area contributed by atoms with E-state index in [2.05, 4.69) is 25.6 Å². The zero-order chi connectivity index (χ0) is 14.8. The molecule has 1 heterocycles. The highest BCUT2D eigenvalue weighted by Gasteiger charge is 2.17. The zero-order valence-electron chi connectivity index (χ0n) is 10.9. The molecule has 0 atom stereocenters. The number of imidazole rings is 1. The van der Waals surface area contributed by atoms with Crippen molar-refractivity contribution >= 4 is 31.6 Å². The van der Waals surface area contributed by atoms with E-state index in [1.165, 1.54) is 6.07 Å². The van der Waals surface area contributed by atoms with E-state index >= 15 is 0 Å². The number of aromatic nitrogens is 2. The molecule has 0 spiro atoms. The number of rotatable bonds is 5. The van der Waals surface area contributed by atoms with Crippen LogP contribution in [0, 0.1) is 6.92 Å². The van der Waals surface area contributed by atoms with Crippen LogP contribution in [-0.2, 0) is 16.6 Å². The van der Waals surface area contributed by atoms with Gasteiger partial charge in [0.05, 0.1) is 11.2 Å². The molecule has 0 bridgehead atoms. The normalized spacial score (nSPS) is 11.7. The van der Waals surface area contributed by atoms with Crippen molar-refractivity contribution in [1.82, 2.24) is 14.3 Å². The van der Waals surface area contributed by atoms with Gasteiger partial charge in [-0.15, -0.1) is 0 Å². The summed E-state index contributed by atoms with van der Waals surface area (Å²) in [4.78, 5) is 4.09. The van der Waals surface area contributed by atoms with E-state index in [0.717, 1.165) is 0 Å². The second-order valence-electron chi connectivity index (χ2n) is 4.34. The number of nitrogen functional groups attached to an aromatic ring is 1. The summed E-state index contributed by atoms with van der Waals surface area (Å²) in [7, 11) is -3.57. The van der Waals surface area contributed by atoms with E-state index in [9.17, 15) is 8.42 Å². The van der Waals surface area contributed by atoms with Crippen LogP contribution in [0.3, 0.4) is 0 Å². The molecular formula is C12H15BrN4O2S. The van der Waals surface area contributed by atoms with Gasteiger partial charge in [-0.2, -0.15) is 0 Å². The predicted octanol–water partition coefficient (Wildman–Crippen LogP) is 1.51. The van der Waals surface area contributed by atoms with Gasteiger partial charge in [0.15, 0.2) is 0 Å². The van der Waals surface area contributed by atoms with Crippen molar-refractivity contribution in [3.8, 4) is 0 Å². The molecule has 0 aliphatic carbocycles. The summed E-state index contributed by atoms with van der Waals surface area (Å²) < 4.78 is 29.5. The van der Waals surface area contributed by atoms with Crippen molar-refractivity contribution in [3.05, 3.63) is 40.9 Å². The molecule has 2 aromatic rings. The Morgan fingerprint density at radius 3 is 2.85 bits per heavy atom. The number of aryl methyl sites for hydroxylation is 1. The highest BCUT2D eigenvalue weighted by atomic mass is 79.9. The van der Waals surface area contributed by atoms with Crippen LogP contribution in [0.25, 0.3) is 0 Å². The molecule has 8 heteroatoms. The molecular weight excluding hydrogens is 344 g/mol. The number of nitrogens with one attached hydrogen (secondary N) is 1. The first kappa shape index (κ1) is 15.0. The average Bonchev–Trinajstić information content (AvgIpc) is 2.86. The average molecular weight is 359 g/mol. The minimum atomic E-state index is -3.57. The maximum Gasteiger partial charge on any atom is 0.240 e. The van der Waals surface area contributed by atoms with Gasteiger partial charge >= 0.3 is 0 Å². The highest BCUT2D eigenvalue weighted by molar-refractivity contribution is 9.10. The van der Waals surface area contributed by atoms with Gasteiger partial charge in [-0.1, -0.05) is 0 Å². The largest absolute Gasteiger partial charge is 0.398 e. The molecule has 3 N–H and O–H groups in total. The Morgan fingerprint density at radius 1 is 1.45 bits per heavy atom. The van der Waals surface area contributed by atoms with Crippen LogP contribution in [0.2, 0.25) is 0 Å². The molecule has 0 saturated carbocycles. The minimum absolute atomic E-state index is 0.198. The van der Waals surface area contributed by atoms with Crippen LogP contribution >= 0.6 is 15.9 Å². The number of hydrogen-bond donors (Lipinski definition) is 2. The van der Waals surface area contributed by atoms with E-state index in [4.69, 9.17) is 5.73 Å². The number of nitrogens with zero attached hydrogens (tertiary/aromatic N) is 2. The molecule has 0 aliphatic heterocycles. The van der Waals surface area contributed by atoms with Crippen LogP contribution < -0.4 is 10.5 Å². The second kappa shape index (κ2) is 5.94. The van der Waals surface area contributed by atoms with Crippen LogP contribution in [0.15, 0.2) is 40.2 Å². The Kier molecular flexibility index (Phi) is 4.46. The van der Waals surface area contributed by atoms with Crippen LogP contribution in [0.1, 0.15) is 5.56 Å². The Balaban J connectivity index is 2.12. The van der Waals surface area contributed by atoms with Crippen molar-refractivity contribution < 1.29 is 8.42 Å². The maximum atomic E-state index is 12.2. The highest BCUT2D eigenvalue weighted by Crippen LogP contribution is 2.26. The fourth-order valence-corrected chi connectivity index (χ4v) is 3.50. The molecule has 1 aromatic heterocycles. The first-order chi connectivity index (χ1) is 9.40. The van der Waals surface area contributed by atoms with E-state index in [-0.39, 0.29) is 11.4 Å². The van der Waals surface area contributed by atoms with Crippen molar-refractivity contribution in [1.29, 1.82) is 0 Å². The number of benzene rings is 1. The number of nitrogens with two attached hydrogens (primary N) is 1. The zero-order valence-corrected chi connectivity index (χ0v) is 13.3. The molecule has 6 nitrogen and oxygen atoms in total. The summed E-state index contributed by atoms with van der Waals surface area (Å²) in [5.41, 5.74) is 6.77. The monoisotopic (exact) mass is 358 g/mol. The second-order valence-corrected chi connectivity index (χ2v) is 6.93. The summed E-state index contributed by atoms with van der Waals surface area (Å²) in [6.45, 7) is 2.53. The Labute approximate surface area is 126 Å². The van der Waals surface area contributed by atoms with Gasteiger partial charge in [0.25, 0.3) is 0 Å². The van der Waals surface area contributed by atoms with Crippen molar-refractivity contribution in [2.75, 3.05) is 12.3 Å². The minimum Gasteiger partial charge on any atom is -0.398 e. The summed E-state index contributed by atoms with van der Waals surface area (Å²) in [6.07, 6.45) is 5.06. The lowest BCUT2D eigenvalue weighted by Crippen LogP contribution is -2.28. The smallest absolute Gasteiger partial charge is 0.240 e. The molecule has 0 saturated heterocycles. The number of halogens is 1.